The zero-order valence-electron chi connectivity index (χ0n) is 15.7. The highest BCUT2D eigenvalue weighted by Crippen LogP contribution is 2.16. The molecule has 142 valence electrons. The van der Waals surface area contributed by atoms with Gasteiger partial charge in [-0.1, -0.05) is 19.1 Å². The Morgan fingerprint density at radius 3 is 2.65 bits per heavy atom. The van der Waals surface area contributed by atoms with E-state index in [1.165, 1.54) is 11.1 Å². The molecule has 0 aliphatic carbocycles. The highest BCUT2D eigenvalue weighted by molar-refractivity contribution is 7.90. The molecule has 0 aliphatic rings. The van der Waals surface area contributed by atoms with Crippen LogP contribution >= 0.6 is 11.3 Å². The van der Waals surface area contributed by atoms with Gasteiger partial charge in [-0.25, -0.2) is 13.4 Å². The predicted molar refractivity (Wildman–Crippen MR) is 108 cm³/mol. The highest BCUT2D eigenvalue weighted by atomic mass is 32.2. The van der Waals surface area contributed by atoms with Gasteiger partial charge in [0.05, 0.1) is 9.90 Å². The van der Waals surface area contributed by atoms with Crippen molar-refractivity contribution in [3.05, 3.63) is 45.4 Å². The molecule has 2 aromatic rings. The normalized spacial score (nSPS) is 12.2. The number of nitrogens with zero attached hydrogens (tertiary/aromatic N) is 2. The Hall–Kier alpha value is -1.93. The molecule has 0 bridgehead atoms. The lowest BCUT2D eigenvalue weighted by Crippen LogP contribution is -2.37. The number of aliphatic imine (C=N–C) groups is 1. The minimum atomic E-state index is -3.19. The highest BCUT2D eigenvalue weighted by Gasteiger charge is 2.11. The quantitative estimate of drug-likeness (QED) is 0.556. The van der Waals surface area contributed by atoms with E-state index in [0.717, 1.165) is 35.5 Å². The van der Waals surface area contributed by atoms with Crippen molar-refractivity contribution in [2.24, 2.45) is 4.99 Å². The fraction of sp³-hybridized carbons (Fsp3) is 0.444. The largest absolute Gasteiger partial charge is 0.356 e. The van der Waals surface area contributed by atoms with E-state index in [9.17, 15) is 8.42 Å². The van der Waals surface area contributed by atoms with Crippen molar-refractivity contribution in [1.29, 1.82) is 0 Å². The van der Waals surface area contributed by atoms with Crippen molar-refractivity contribution in [2.45, 2.75) is 38.1 Å². The predicted octanol–water partition coefficient (Wildman–Crippen LogP) is 2.33. The second-order valence-electron chi connectivity index (χ2n) is 6.05. The summed E-state index contributed by atoms with van der Waals surface area (Å²) in [4.78, 5) is 10.3. The summed E-state index contributed by atoms with van der Waals surface area (Å²) in [5.74, 6) is 0.710. The monoisotopic (exact) mass is 394 g/mol. The van der Waals surface area contributed by atoms with Gasteiger partial charge in [-0.05, 0) is 30.5 Å². The molecular weight excluding hydrogens is 368 g/mol. The number of aromatic nitrogens is 1. The van der Waals surface area contributed by atoms with Crippen molar-refractivity contribution in [2.75, 3.05) is 19.8 Å². The lowest BCUT2D eigenvalue weighted by molar-refractivity contribution is 0.601. The molecule has 2 N–H and O–H groups in total. The van der Waals surface area contributed by atoms with Gasteiger partial charge in [0.2, 0.25) is 0 Å². The second-order valence-corrected chi connectivity index (χ2v) is 9.23. The Bertz CT molecular complexity index is 873. The van der Waals surface area contributed by atoms with Crippen LogP contribution in [0.2, 0.25) is 0 Å². The summed E-state index contributed by atoms with van der Waals surface area (Å²) in [6.07, 6.45) is 5.04. The van der Waals surface area contributed by atoms with Crippen molar-refractivity contribution in [1.82, 2.24) is 15.6 Å². The average Bonchev–Trinajstić information content (AvgIpc) is 3.04. The van der Waals surface area contributed by atoms with Crippen LogP contribution in [-0.2, 0) is 29.2 Å². The van der Waals surface area contributed by atoms with Crippen LogP contribution in [0.3, 0.4) is 0 Å². The van der Waals surface area contributed by atoms with E-state index in [1.807, 2.05) is 25.3 Å². The Balaban J connectivity index is 1.85. The maximum Gasteiger partial charge on any atom is 0.191 e. The molecule has 8 heteroatoms. The van der Waals surface area contributed by atoms with Crippen LogP contribution in [-0.4, -0.2) is 39.2 Å². The number of sulfone groups is 1. The topological polar surface area (TPSA) is 83.4 Å². The van der Waals surface area contributed by atoms with Crippen molar-refractivity contribution in [3.8, 4) is 0 Å². The number of nitrogens with one attached hydrogen (secondary N) is 2. The Kier molecular flexibility index (Phi) is 7.16. The van der Waals surface area contributed by atoms with Crippen LogP contribution in [0, 0.1) is 6.92 Å². The van der Waals surface area contributed by atoms with E-state index >= 15 is 0 Å². The molecule has 0 saturated carbocycles. The van der Waals surface area contributed by atoms with E-state index in [1.54, 1.807) is 24.5 Å². The zero-order chi connectivity index (χ0) is 19.2. The molecule has 0 radical (unpaired) electrons. The first-order valence-electron chi connectivity index (χ1n) is 8.51. The summed E-state index contributed by atoms with van der Waals surface area (Å²) in [5, 5.41) is 7.64. The summed E-state index contributed by atoms with van der Waals surface area (Å²) in [6.45, 7) is 5.27. The van der Waals surface area contributed by atoms with Crippen LogP contribution in [0.15, 0.2) is 34.3 Å². The third kappa shape index (κ3) is 5.81. The number of thiazole rings is 1. The Labute approximate surface area is 159 Å². The zero-order valence-corrected chi connectivity index (χ0v) is 17.3. The number of aryl methyl sites for hydroxylation is 2. The maximum absolute atomic E-state index is 11.7. The third-order valence-electron chi connectivity index (χ3n) is 3.90. The minimum absolute atomic E-state index is 0.374. The molecule has 1 heterocycles. The lowest BCUT2D eigenvalue weighted by Gasteiger charge is -2.12. The molecule has 0 fully saturated rings. The first kappa shape index (κ1) is 20.4. The first-order valence-corrected chi connectivity index (χ1v) is 11.2. The van der Waals surface area contributed by atoms with Gasteiger partial charge in [0.25, 0.3) is 0 Å². The maximum atomic E-state index is 11.7. The Morgan fingerprint density at radius 1 is 1.31 bits per heavy atom. The van der Waals surface area contributed by atoms with Gasteiger partial charge in [-0.2, -0.15) is 0 Å². The Morgan fingerprint density at radius 2 is 2.08 bits per heavy atom. The summed E-state index contributed by atoms with van der Waals surface area (Å²) >= 11 is 1.75. The molecule has 1 aromatic carbocycles. The van der Waals surface area contributed by atoms with Crippen LogP contribution in [0.25, 0.3) is 0 Å². The molecule has 0 spiro atoms. The molecular formula is C18H26N4O2S2. The van der Waals surface area contributed by atoms with Gasteiger partial charge in [-0.3, -0.25) is 4.99 Å². The molecule has 0 unspecified atom stereocenters. The van der Waals surface area contributed by atoms with Crippen LogP contribution in [0.1, 0.15) is 27.9 Å². The van der Waals surface area contributed by atoms with Crippen molar-refractivity contribution in [3.63, 3.8) is 0 Å². The van der Waals surface area contributed by atoms with Gasteiger partial charge in [0.15, 0.2) is 15.8 Å². The third-order valence-corrected chi connectivity index (χ3v) is 6.36. The fourth-order valence-electron chi connectivity index (χ4n) is 2.56. The fourth-order valence-corrected chi connectivity index (χ4v) is 4.38. The molecule has 1 aromatic heterocycles. The molecule has 0 amide bonds. The number of guanidine groups is 1. The van der Waals surface area contributed by atoms with Crippen LogP contribution in [0.5, 0.6) is 0 Å². The molecule has 0 saturated heterocycles. The van der Waals surface area contributed by atoms with Gasteiger partial charge in [0, 0.05) is 43.9 Å². The van der Waals surface area contributed by atoms with Crippen molar-refractivity contribution < 1.29 is 8.42 Å². The van der Waals surface area contributed by atoms with Gasteiger partial charge >= 0.3 is 0 Å². The molecule has 26 heavy (non-hydrogen) atoms. The SMILES string of the molecule is CCc1cnc(CCNC(=NC)NCc2ccc(S(C)(=O)=O)c(C)c2)s1. The van der Waals surface area contributed by atoms with E-state index in [-0.39, 0.29) is 0 Å². The number of hydrogen-bond donors (Lipinski definition) is 2. The van der Waals surface area contributed by atoms with E-state index in [4.69, 9.17) is 0 Å². The smallest absolute Gasteiger partial charge is 0.191 e. The van der Waals surface area contributed by atoms with Crippen LogP contribution in [0.4, 0.5) is 0 Å². The van der Waals surface area contributed by atoms with E-state index in [0.29, 0.717) is 17.4 Å². The summed E-state index contributed by atoms with van der Waals surface area (Å²) < 4.78 is 23.4. The van der Waals surface area contributed by atoms with E-state index in [2.05, 4.69) is 27.5 Å². The second kappa shape index (κ2) is 9.14. The lowest BCUT2D eigenvalue weighted by atomic mass is 10.1. The molecule has 0 atom stereocenters. The average molecular weight is 395 g/mol. The van der Waals surface area contributed by atoms with Crippen LogP contribution < -0.4 is 10.6 Å². The van der Waals surface area contributed by atoms with Gasteiger partial charge < -0.3 is 10.6 Å². The van der Waals surface area contributed by atoms with Gasteiger partial charge in [-0.15, -0.1) is 11.3 Å². The van der Waals surface area contributed by atoms with Gasteiger partial charge in [0.1, 0.15) is 0 Å². The summed E-state index contributed by atoms with van der Waals surface area (Å²) in [5.41, 5.74) is 1.76. The molecule has 2 rings (SSSR count). The number of rotatable bonds is 7. The summed E-state index contributed by atoms with van der Waals surface area (Å²) in [6, 6.07) is 5.37. The standard InChI is InChI=1S/C18H26N4O2S2/c1-5-15-12-21-17(25-15)8-9-20-18(19-3)22-11-14-6-7-16(13(2)10-14)26(4,23)24/h6-7,10,12H,5,8-9,11H2,1-4H3,(H2,19,20,22). The first-order chi connectivity index (χ1) is 12.3. The minimum Gasteiger partial charge on any atom is -0.356 e. The summed E-state index contributed by atoms with van der Waals surface area (Å²) in [7, 11) is -1.46. The number of benzene rings is 1. The molecule has 6 nitrogen and oxygen atoms in total. The molecule has 0 aliphatic heterocycles. The van der Waals surface area contributed by atoms with E-state index < -0.39 is 9.84 Å². The number of hydrogen-bond acceptors (Lipinski definition) is 5. The van der Waals surface area contributed by atoms with Crippen molar-refractivity contribution >= 4 is 27.1 Å².